The molecule has 0 unspecified atom stereocenters. The molecule has 8 heteroatoms. The number of pyridine rings is 2. The van der Waals surface area contributed by atoms with Crippen LogP contribution in [0.3, 0.4) is 0 Å². The summed E-state index contributed by atoms with van der Waals surface area (Å²) in [5.41, 5.74) is 3.71. The van der Waals surface area contributed by atoms with Crippen molar-refractivity contribution in [2.45, 2.75) is 17.9 Å². The second-order valence-electron chi connectivity index (χ2n) is 7.36. The van der Waals surface area contributed by atoms with E-state index in [1.807, 2.05) is 36.4 Å². The van der Waals surface area contributed by atoms with Gasteiger partial charge >= 0.3 is 0 Å². The van der Waals surface area contributed by atoms with Gasteiger partial charge in [-0.15, -0.1) is 0 Å². The average Bonchev–Trinajstić information content (AvgIpc) is 2.79. The molecule has 156 valence electrons. The average molecular weight is 451 g/mol. The van der Waals surface area contributed by atoms with Crippen molar-refractivity contribution in [2.75, 3.05) is 11.9 Å². The molecule has 0 radical (unpaired) electrons. The Morgan fingerprint density at radius 2 is 1.81 bits per heavy atom. The monoisotopic (exact) mass is 450 g/mol. The Balaban J connectivity index is 1.43. The van der Waals surface area contributed by atoms with E-state index in [1.165, 1.54) is 4.31 Å². The van der Waals surface area contributed by atoms with E-state index in [0.29, 0.717) is 13.0 Å². The lowest BCUT2D eigenvalue weighted by Crippen LogP contribution is -2.36. The zero-order valence-corrected chi connectivity index (χ0v) is 18.1. The largest absolute Gasteiger partial charge is 0.339 e. The van der Waals surface area contributed by atoms with Crippen molar-refractivity contribution in [3.63, 3.8) is 0 Å². The molecule has 2 aromatic heterocycles. The molecule has 0 atom stereocenters. The van der Waals surface area contributed by atoms with Crippen LogP contribution in [0, 0.1) is 0 Å². The summed E-state index contributed by atoms with van der Waals surface area (Å²) >= 11 is 6.15. The minimum atomic E-state index is -3.68. The third kappa shape index (κ3) is 3.76. The summed E-state index contributed by atoms with van der Waals surface area (Å²) < 4.78 is 27.7. The van der Waals surface area contributed by atoms with Crippen molar-refractivity contribution in [1.82, 2.24) is 14.3 Å². The first-order valence-corrected chi connectivity index (χ1v) is 11.7. The van der Waals surface area contributed by atoms with Gasteiger partial charge in [-0.3, -0.25) is 4.98 Å². The molecule has 3 heterocycles. The highest BCUT2D eigenvalue weighted by Gasteiger charge is 2.31. The normalized spacial score (nSPS) is 14.4. The van der Waals surface area contributed by atoms with Crippen LogP contribution >= 0.6 is 11.6 Å². The molecule has 1 N–H and O–H groups in total. The van der Waals surface area contributed by atoms with Crippen LogP contribution in [0.15, 0.2) is 78.0 Å². The topological polar surface area (TPSA) is 75.2 Å². The number of anilines is 2. The number of nitrogens with one attached hydrogen (secondary N) is 1. The van der Waals surface area contributed by atoms with Gasteiger partial charge in [0.15, 0.2) is 0 Å². The molecular formula is C23H19ClN4O2S. The molecule has 6 nitrogen and oxygen atoms in total. The minimum absolute atomic E-state index is 0.134. The van der Waals surface area contributed by atoms with Crippen molar-refractivity contribution in [2.24, 2.45) is 0 Å². The number of fused-ring (bicyclic) bond motifs is 2. The Morgan fingerprint density at radius 3 is 2.68 bits per heavy atom. The second kappa shape index (κ2) is 7.92. The van der Waals surface area contributed by atoms with Crippen molar-refractivity contribution in [3.05, 3.63) is 89.2 Å². The van der Waals surface area contributed by atoms with Crippen LogP contribution in [0.4, 0.5) is 11.5 Å². The Kier molecular flexibility index (Phi) is 5.09. The SMILES string of the molecule is O=S(=O)(c1ccccc1Cl)N1CCc2c(ccnc2Nc2cnc3ccccc3c2)C1. The highest BCUT2D eigenvalue weighted by molar-refractivity contribution is 7.89. The maximum absolute atomic E-state index is 13.1. The van der Waals surface area contributed by atoms with Gasteiger partial charge < -0.3 is 5.32 Å². The lowest BCUT2D eigenvalue weighted by molar-refractivity contribution is 0.391. The van der Waals surface area contributed by atoms with E-state index in [-0.39, 0.29) is 16.5 Å². The van der Waals surface area contributed by atoms with Crippen LogP contribution in [-0.2, 0) is 23.0 Å². The number of benzene rings is 2. The summed E-state index contributed by atoms with van der Waals surface area (Å²) in [6.45, 7) is 0.632. The van der Waals surface area contributed by atoms with Crippen LogP contribution in [0.5, 0.6) is 0 Å². The van der Waals surface area contributed by atoms with E-state index in [4.69, 9.17) is 11.6 Å². The number of nitrogens with zero attached hydrogens (tertiary/aromatic N) is 3. The number of hydrogen-bond acceptors (Lipinski definition) is 5. The molecule has 1 aliphatic heterocycles. The first-order valence-electron chi connectivity index (χ1n) is 9.85. The molecule has 0 bridgehead atoms. The van der Waals surface area contributed by atoms with E-state index in [9.17, 15) is 8.42 Å². The molecular weight excluding hydrogens is 432 g/mol. The predicted molar refractivity (Wildman–Crippen MR) is 122 cm³/mol. The van der Waals surface area contributed by atoms with Crippen LogP contribution < -0.4 is 5.32 Å². The van der Waals surface area contributed by atoms with Crippen LogP contribution in [-0.4, -0.2) is 29.2 Å². The van der Waals surface area contributed by atoms with Gasteiger partial charge in [0.25, 0.3) is 0 Å². The van der Waals surface area contributed by atoms with Gasteiger partial charge in [0.1, 0.15) is 10.7 Å². The summed E-state index contributed by atoms with van der Waals surface area (Å²) in [6.07, 6.45) is 4.03. The van der Waals surface area contributed by atoms with Gasteiger partial charge in [-0.2, -0.15) is 4.31 Å². The van der Waals surface area contributed by atoms with Gasteiger partial charge in [0.2, 0.25) is 10.0 Å². The molecule has 0 aliphatic carbocycles. The number of halogens is 1. The number of aromatic nitrogens is 2. The van der Waals surface area contributed by atoms with Gasteiger partial charge in [-0.05, 0) is 42.3 Å². The maximum Gasteiger partial charge on any atom is 0.244 e. The zero-order valence-electron chi connectivity index (χ0n) is 16.5. The Labute approximate surface area is 185 Å². The molecule has 2 aromatic carbocycles. The molecule has 0 saturated carbocycles. The van der Waals surface area contributed by atoms with Crippen molar-refractivity contribution in [3.8, 4) is 0 Å². The molecule has 0 fully saturated rings. The van der Waals surface area contributed by atoms with Crippen LogP contribution in [0.2, 0.25) is 5.02 Å². The van der Waals surface area contributed by atoms with E-state index >= 15 is 0 Å². The van der Waals surface area contributed by atoms with Crippen LogP contribution in [0.25, 0.3) is 10.9 Å². The fourth-order valence-corrected chi connectivity index (χ4v) is 5.76. The number of hydrogen-bond donors (Lipinski definition) is 1. The summed E-state index contributed by atoms with van der Waals surface area (Å²) in [5.74, 6) is 0.726. The molecule has 31 heavy (non-hydrogen) atoms. The molecule has 0 amide bonds. The standard InChI is InChI=1S/C23H19ClN4O2S/c24-20-6-2-4-8-22(20)31(29,30)28-12-10-19-17(15-28)9-11-25-23(19)27-18-13-16-5-1-3-7-21(16)26-14-18/h1-9,11,13-14H,10,12,15H2,(H,25,27). The predicted octanol–water partition coefficient (Wildman–Crippen LogP) is 4.77. The van der Waals surface area contributed by atoms with E-state index in [0.717, 1.165) is 33.5 Å². The third-order valence-corrected chi connectivity index (χ3v) is 7.76. The Hall–Kier alpha value is -3.00. The lowest BCUT2D eigenvalue weighted by atomic mass is 10.0. The Bertz CT molecular complexity index is 1390. The number of rotatable bonds is 4. The zero-order chi connectivity index (χ0) is 21.4. The molecule has 4 aromatic rings. The Morgan fingerprint density at radius 1 is 1.00 bits per heavy atom. The van der Waals surface area contributed by atoms with Gasteiger partial charge in [-0.25, -0.2) is 13.4 Å². The molecule has 0 spiro atoms. The third-order valence-electron chi connectivity index (χ3n) is 5.42. The second-order valence-corrected chi connectivity index (χ2v) is 9.67. The highest BCUT2D eigenvalue weighted by atomic mass is 35.5. The van der Waals surface area contributed by atoms with Gasteiger partial charge in [-0.1, -0.05) is 41.9 Å². The fourth-order valence-electron chi connectivity index (χ4n) is 3.85. The van der Waals surface area contributed by atoms with Crippen LogP contribution in [0.1, 0.15) is 11.1 Å². The van der Waals surface area contributed by atoms with Crippen molar-refractivity contribution < 1.29 is 8.42 Å². The van der Waals surface area contributed by atoms with E-state index in [1.54, 1.807) is 36.7 Å². The smallest absolute Gasteiger partial charge is 0.244 e. The van der Waals surface area contributed by atoms with Crippen molar-refractivity contribution in [1.29, 1.82) is 0 Å². The van der Waals surface area contributed by atoms with Gasteiger partial charge in [0.05, 0.1) is 22.4 Å². The summed E-state index contributed by atoms with van der Waals surface area (Å²) in [7, 11) is -3.68. The molecule has 0 saturated heterocycles. The maximum atomic E-state index is 13.1. The first-order chi connectivity index (χ1) is 15.0. The number of sulfonamides is 1. The summed E-state index contributed by atoms with van der Waals surface area (Å²) in [6, 6.07) is 18.3. The number of para-hydroxylation sites is 1. The highest BCUT2D eigenvalue weighted by Crippen LogP contribution is 2.32. The minimum Gasteiger partial charge on any atom is -0.339 e. The van der Waals surface area contributed by atoms with E-state index < -0.39 is 10.0 Å². The fraction of sp³-hybridized carbons (Fsp3) is 0.130. The van der Waals surface area contributed by atoms with E-state index in [2.05, 4.69) is 15.3 Å². The van der Waals surface area contributed by atoms with Crippen molar-refractivity contribution >= 4 is 44.0 Å². The summed E-state index contributed by atoms with van der Waals surface area (Å²) in [5, 5.41) is 4.62. The van der Waals surface area contributed by atoms with Gasteiger partial charge in [0, 0.05) is 30.2 Å². The molecule has 5 rings (SSSR count). The lowest BCUT2D eigenvalue weighted by Gasteiger charge is -2.29. The summed E-state index contributed by atoms with van der Waals surface area (Å²) in [4.78, 5) is 9.12. The first kappa shape index (κ1) is 19.9. The quantitative estimate of drug-likeness (QED) is 0.484. The molecule has 1 aliphatic rings.